The van der Waals surface area contributed by atoms with Gasteiger partial charge in [-0.2, -0.15) is 0 Å². The van der Waals surface area contributed by atoms with E-state index in [2.05, 4.69) is 0 Å². The van der Waals surface area contributed by atoms with Crippen LogP contribution in [0.5, 0.6) is 0 Å². The van der Waals surface area contributed by atoms with Crippen LogP contribution in [0.3, 0.4) is 0 Å². The molecule has 0 aliphatic rings. The summed E-state index contributed by atoms with van der Waals surface area (Å²) in [5, 5.41) is 2.90. The Kier molecular flexibility index (Phi) is 3.39. The Morgan fingerprint density at radius 1 is 1.47 bits per heavy atom. The first-order valence-corrected chi connectivity index (χ1v) is 5.70. The highest BCUT2D eigenvalue weighted by Crippen LogP contribution is 2.26. The molecule has 0 spiro atoms. The summed E-state index contributed by atoms with van der Waals surface area (Å²) in [5.41, 5.74) is 0.643. The quantitative estimate of drug-likeness (QED) is 0.735. The van der Waals surface area contributed by atoms with Gasteiger partial charge in [0, 0.05) is 7.05 Å². The van der Waals surface area contributed by atoms with E-state index in [1.165, 1.54) is 11.3 Å². The van der Waals surface area contributed by atoms with Gasteiger partial charge in [-0.05, 0) is 44.7 Å². The number of carbonyl (C=O) groups is 1. The summed E-state index contributed by atoms with van der Waals surface area (Å²) >= 11 is 1.54. The van der Waals surface area contributed by atoms with Crippen molar-refractivity contribution in [1.29, 1.82) is 0 Å². The molecular weight excluding hydrogens is 210 g/mol. The Bertz CT molecular complexity index is 352. The van der Waals surface area contributed by atoms with Gasteiger partial charge in [-0.3, -0.25) is 4.90 Å². The molecule has 0 aliphatic carbocycles. The average Bonchev–Trinajstić information content (AvgIpc) is 2.47. The summed E-state index contributed by atoms with van der Waals surface area (Å²) in [6.07, 6.45) is -0.312. The SMILES string of the molecule is Cc1ccsc1N(C)C(=O)OC(C)(C)C. The zero-order valence-electron chi connectivity index (χ0n) is 9.83. The maximum Gasteiger partial charge on any atom is 0.415 e. The van der Waals surface area contributed by atoms with Gasteiger partial charge in [0.2, 0.25) is 0 Å². The summed E-state index contributed by atoms with van der Waals surface area (Å²) < 4.78 is 5.27. The van der Waals surface area contributed by atoms with E-state index in [0.717, 1.165) is 10.6 Å². The maximum absolute atomic E-state index is 11.7. The third-order valence-electron chi connectivity index (χ3n) is 1.81. The highest BCUT2D eigenvalue weighted by atomic mass is 32.1. The van der Waals surface area contributed by atoms with Gasteiger partial charge in [0.05, 0.1) is 0 Å². The molecule has 15 heavy (non-hydrogen) atoms. The number of nitrogens with zero attached hydrogens (tertiary/aromatic N) is 1. The van der Waals surface area contributed by atoms with Gasteiger partial charge in [-0.25, -0.2) is 4.79 Å². The minimum absolute atomic E-state index is 0.312. The van der Waals surface area contributed by atoms with Crippen LogP contribution in [0.1, 0.15) is 26.3 Å². The molecule has 84 valence electrons. The van der Waals surface area contributed by atoms with Crippen LogP contribution in [0.25, 0.3) is 0 Å². The van der Waals surface area contributed by atoms with Crippen molar-refractivity contribution >= 4 is 22.4 Å². The largest absolute Gasteiger partial charge is 0.443 e. The van der Waals surface area contributed by atoms with Crippen LogP contribution in [0.15, 0.2) is 11.4 Å². The smallest absolute Gasteiger partial charge is 0.415 e. The summed E-state index contributed by atoms with van der Waals surface area (Å²) in [5.74, 6) is 0. The van der Waals surface area contributed by atoms with E-state index in [1.807, 2.05) is 39.1 Å². The van der Waals surface area contributed by atoms with E-state index >= 15 is 0 Å². The fourth-order valence-electron chi connectivity index (χ4n) is 1.12. The van der Waals surface area contributed by atoms with Crippen LogP contribution < -0.4 is 4.90 Å². The number of amides is 1. The third-order valence-corrected chi connectivity index (χ3v) is 2.90. The van der Waals surface area contributed by atoms with Crippen LogP contribution >= 0.6 is 11.3 Å². The van der Waals surface area contributed by atoms with Crippen molar-refractivity contribution in [3.63, 3.8) is 0 Å². The lowest BCUT2D eigenvalue weighted by Gasteiger charge is -2.24. The van der Waals surface area contributed by atoms with Crippen LogP contribution in [-0.2, 0) is 4.74 Å². The van der Waals surface area contributed by atoms with Crippen molar-refractivity contribution in [3.8, 4) is 0 Å². The first kappa shape index (κ1) is 12.0. The maximum atomic E-state index is 11.7. The Hall–Kier alpha value is -1.03. The first-order valence-electron chi connectivity index (χ1n) is 4.82. The van der Waals surface area contributed by atoms with Gasteiger partial charge in [0.25, 0.3) is 0 Å². The van der Waals surface area contributed by atoms with Crippen molar-refractivity contribution in [2.24, 2.45) is 0 Å². The molecule has 0 saturated carbocycles. The summed E-state index contributed by atoms with van der Waals surface area (Å²) in [7, 11) is 1.73. The molecule has 0 unspecified atom stereocenters. The molecule has 0 fully saturated rings. The molecule has 3 nitrogen and oxygen atoms in total. The van der Waals surface area contributed by atoms with E-state index in [0.29, 0.717) is 0 Å². The summed E-state index contributed by atoms with van der Waals surface area (Å²) in [4.78, 5) is 13.3. The number of hydrogen-bond donors (Lipinski definition) is 0. The molecule has 0 N–H and O–H groups in total. The predicted molar refractivity (Wildman–Crippen MR) is 63.7 cm³/mol. The van der Waals surface area contributed by atoms with Crippen molar-refractivity contribution < 1.29 is 9.53 Å². The Morgan fingerprint density at radius 3 is 2.47 bits per heavy atom. The molecular formula is C11H17NO2S. The number of aryl methyl sites for hydroxylation is 1. The van der Waals surface area contributed by atoms with Gasteiger partial charge in [0.15, 0.2) is 0 Å². The van der Waals surface area contributed by atoms with E-state index in [4.69, 9.17) is 4.74 Å². The number of carbonyl (C=O) groups excluding carboxylic acids is 1. The number of anilines is 1. The van der Waals surface area contributed by atoms with Gasteiger partial charge < -0.3 is 4.74 Å². The molecule has 1 amide bonds. The molecule has 1 rings (SSSR count). The molecule has 1 heterocycles. The van der Waals surface area contributed by atoms with Crippen molar-refractivity contribution in [1.82, 2.24) is 0 Å². The molecule has 4 heteroatoms. The minimum Gasteiger partial charge on any atom is -0.443 e. The summed E-state index contributed by atoms with van der Waals surface area (Å²) in [6.45, 7) is 7.56. The average molecular weight is 227 g/mol. The number of hydrogen-bond acceptors (Lipinski definition) is 3. The Morgan fingerprint density at radius 2 is 2.07 bits per heavy atom. The fraction of sp³-hybridized carbons (Fsp3) is 0.545. The molecule has 0 atom stereocenters. The monoisotopic (exact) mass is 227 g/mol. The Labute approximate surface area is 94.7 Å². The molecule has 0 aromatic carbocycles. The van der Waals surface area contributed by atoms with Crippen molar-refractivity contribution in [2.45, 2.75) is 33.3 Å². The van der Waals surface area contributed by atoms with E-state index in [-0.39, 0.29) is 6.09 Å². The number of ether oxygens (including phenoxy) is 1. The molecule has 0 bridgehead atoms. The Balaban J connectivity index is 2.74. The highest BCUT2D eigenvalue weighted by Gasteiger charge is 2.21. The topological polar surface area (TPSA) is 29.5 Å². The van der Waals surface area contributed by atoms with E-state index in [1.54, 1.807) is 11.9 Å². The predicted octanol–water partition coefficient (Wildman–Crippen LogP) is 3.43. The van der Waals surface area contributed by atoms with Crippen LogP contribution in [0.4, 0.5) is 9.80 Å². The van der Waals surface area contributed by atoms with Gasteiger partial charge in [0.1, 0.15) is 10.6 Å². The number of rotatable bonds is 1. The highest BCUT2D eigenvalue weighted by molar-refractivity contribution is 7.14. The van der Waals surface area contributed by atoms with Crippen LogP contribution in [0, 0.1) is 6.92 Å². The second kappa shape index (κ2) is 4.23. The lowest BCUT2D eigenvalue weighted by molar-refractivity contribution is 0.0590. The standard InChI is InChI=1S/C11H17NO2S/c1-8-6-7-15-9(8)12(5)10(13)14-11(2,3)4/h6-7H,1-5H3. The minimum atomic E-state index is -0.448. The van der Waals surface area contributed by atoms with Gasteiger partial charge >= 0.3 is 6.09 Å². The zero-order chi connectivity index (χ0) is 11.6. The lowest BCUT2D eigenvalue weighted by atomic mass is 10.2. The fourth-order valence-corrected chi connectivity index (χ4v) is 2.01. The second-order valence-corrected chi connectivity index (χ2v) is 5.34. The number of thiophene rings is 1. The molecule has 1 aromatic rings. The lowest BCUT2D eigenvalue weighted by Crippen LogP contribution is -2.33. The normalized spacial score (nSPS) is 11.3. The molecule has 0 radical (unpaired) electrons. The molecule has 0 saturated heterocycles. The van der Waals surface area contributed by atoms with Gasteiger partial charge in [-0.15, -0.1) is 11.3 Å². The van der Waals surface area contributed by atoms with Crippen LogP contribution in [0.2, 0.25) is 0 Å². The molecule has 1 aromatic heterocycles. The van der Waals surface area contributed by atoms with E-state index in [9.17, 15) is 4.79 Å². The summed E-state index contributed by atoms with van der Waals surface area (Å²) in [6, 6.07) is 1.99. The van der Waals surface area contributed by atoms with Crippen molar-refractivity contribution in [2.75, 3.05) is 11.9 Å². The first-order chi connectivity index (χ1) is 6.81. The second-order valence-electron chi connectivity index (χ2n) is 4.45. The molecule has 0 aliphatic heterocycles. The van der Waals surface area contributed by atoms with Crippen LogP contribution in [-0.4, -0.2) is 18.7 Å². The van der Waals surface area contributed by atoms with E-state index < -0.39 is 5.60 Å². The van der Waals surface area contributed by atoms with Gasteiger partial charge in [-0.1, -0.05) is 0 Å². The third kappa shape index (κ3) is 3.23. The van der Waals surface area contributed by atoms with Crippen molar-refractivity contribution in [3.05, 3.63) is 17.0 Å². The zero-order valence-corrected chi connectivity index (χ0v) is 10.6.